The van der Waals surface area contributed by atoms with Crippen LogP contribution in [0.3, 0.4) is 0 Å². The number of hydrazine groups is 1. The van der Waals surface area contributed by atoms with Crippen molar-refractivity contribution in [2.45, 2.75) is 20.3 Å². The normalized spacial score (nSPS) is 12.0. The average Bonchev–Trinajstić information content (AvgIpc) is 3.46. The summed E-state index contributed by atoms with van der Waals surface area (Å²) in [4.78, 5) is 22.6. The van der Waals surface area contributed by atoms with E-state index in [1.54, 1.807) is 12.3 Å². The number of hydrogen-bond acceptors (Lipinski definition) is 12. The first kappa shape index (κ1) is 35.9. The Bertz CT molecular complexity index is 1600. The van der Waals surface area contributed by atoms with Crippen molar-refractivity contribution in [3.63, 3.8) is 0 Å². The van der Waals surface area contributed by atoms with E-state index in [4.69, 9.17) is 39.7 Å². The van der Waals surface area contributed by atoms with Crippen molar-refractivity contribution < 1.29 is 28.1 Å². The second-order valence-electron chi connectivity index (χ2n) is 11.0. The molecular formula is C34H48N6O7. The summed E-state index contributed by atoms with van der Waals surface area (Å²) in [6.07, 6.45) is 2.48. The molecule has 2 aromatic carbocycles. The van der Waals surface area contributed by atoms with Crippen molar-refractivity contribution in [1.29, 1.82) is 0 Å². The summed E-state index contributed by atoms with van der Waals surface area (Å²) in [6.45, 7) is 10.2. The first-order valence-electron chi connectivity index (χ1n) is 16.0. The van der Waals surface area contributed by atoms with Crippen molar-refractivity contribution in [3.05, 3.63) is 70.4 Å². The minimum Gasteiger partial charge on any atom is -0.453 e. The molecule has 0 aliphatic carbocycles. The Labute approximate surface area is 275 Å². The van der Waals surface area contributed by atoms with Crippen LogP contribution in [0.5, 0.6) is 0 Å². The predicted molar refractivity (Wildman–Crippen MR) is 183 cm³/mol. The number of benzene rings is 2. The number of nitrogens with zero attached hydrogens (tertiary/aromatic N) is 3. The van der Waals surface area contributed by atoms with Gasteiger partial charge in [-0.3, -0.25) is 4.79 Å². The van der Waals surface area contributed by atoms with Crippen LogP contribution in [0, 0.1) is 6.92 Å². The molecule has 2 heterocycles. The van der Waals surface area contributed by atoms with Crippen LogP contribution in [-0.2, 0) is 23.7 Å². The number of fused-ring (bicyclic) bond motifs is 3. The van der Waals surface area contributed by atoms with Crippen molar-refractivity contribution in [2.75, 3.05) is 91.1 Å². The number of nitrogens with two attached hydrogens (primary N) is 2. The Morgan fingerprint density at radius 3 is 2.04 bits per heavy atom. The molecule has 0 saturated heterocycles. The van der Waals surface area contributed by atoms with Gasteiger partial charge < -0.3 is 48.7 Å². The SMILES string of the molecule is CC/C(N)=C/N(N)CCOCCOCCOCCOCCOCCN(C)c1ccc(-c2cc(=O)c3ccc4[nH]c(C)nc4c3o2)cc1. The Morgan fingerprint density at radius 2 is 1.45 bits per heavy atom. The van der Waals surface area contributed by atoms with Gasteiger partial charge in [0.15, 0.2) is 11.0 Å². The highest BCUT2D eigenvalue weighted by atomic mass is 16.6. The van der Waals surface area contributed by atoms with Gasteiger partial charge in [0.2, 0.25) is 0 Å². The van der Waals surface area contributed by atoms with Crippen LogP contribution in [0.4, 0.5) is 5.69 Å². The van der Waals surface area contributed by atoms with E-state index >= 15 is 0 Å². The largest absolute Gasteiger partial charge is 0.453 e. The quantitative estimate of drug-likeness (QED) is 0.0644. The molecule has 0 bridgehead atoms. The molecule has 256 valence electrons. The van der Waals surface area contributed by atoms with Gasteiger partial charge in [0.05, 0.1) is 83.5 Å². The number of ether oxygens (including phenoxy) is 5. The highest BCUT2D eigenvalue weighted by Gasteiger charge is 2.13. The van der Waals surface area contributed by atoms with Crippen LogP contribution in [-0.4, -0.2) is 101 Å². The Balaban J connectivity index is 1.02. The van der Waals surface area contributed by atoms with Gasteiger partial charge in [-0.1, -0.05) is 6.92 Å². The number of nitrogens with one attached hydrogen (secondary N) is 1. The van der Waals surface area contributed by atoms with Crippen LogP contribution in [0.1, 0.15) is 19.2 Å². The highest BCUT2D eigenvalue weighted by molar-refractivity contribution is 6.00. The van der Waals surface area contributed by atoms with Crippen LogP contribution < -0.4 is 21.9 Å². The molecule has 2 aromatic heterocycles. The topological polar surface area (TPSA) is 164 Å². The smallest absolute Gasteiger partial charge is 0.193 e. The zero-order chi connectivity index (χ0) is 33.4. The zero-order valence-corrected chi connectivity index (χ0v) is 27.7. The number of aromatic nitrogens is 2. The maximum absolute atomic E-state index is 12.8. The van der Waals surface area contributed by atoms with Gasteiger partial charge >= 0.3 is 0 Å². The van der Waals surface area contributed by atoms with E-state index in [-0.39, 0.29) is 5.43 Å². The summed E-state index contributed by atoms with van der Waals surface area (Å²) < 4.78 is 34.0. The molecule has 0 radical (unpaired) electrons. The number of imidazole rings is 1. The van der Waals surface area contributed by atoms with E-state index in [1.165, 1.54) is 11.1 Å². The summed E-state index contributed by atoms with van der Waals surface area (Å²) in [5.41, 5.74) is 10.2. The first-order valence-corrected chi connectivity index (χ1v) is 16.0. The Kier molecular flexibility index (Phi) is 14.5. The minimum atomic E-state index is -0.0967. The Morgan fingerprint density at radius 1 is 0.872 bits per heavy atom. The summed E-state index contributed by atoms with van der Waals surface area (Å²) in [6, 6.07) is 13.1. The van der Waals surface area contributed by atoms with Gasteiger partial charge in [0.25, 0.3) is 0 Å². The van der Waals surface area contributed by atoms with E-state index < -0.39 is 0 Å². The fourth-order valence-corrected chi connectivity index (χ4v) is 4.68. The molecule has 0 atom stereocenters. The van der Waals surface area contributed by atoms with Crippen molar-refractivity contribution in [1.82, 2.24) is 15.0 Å². The van der Waals surface area contributed by atoms with E-state index in [9.17, 15) is 4.79 Å². The third-order valence-electron chi connectivity index (χ3n) is 7.35. The van der Waals surface area contributed by atoms with E-state index in [1.807, 2.05) is 51.2 Å². The van der Waals surface area contributed by atoms with Crippen LogP contribution in [0.25, 0.3) is 33.3 Å². The number of aromatic amines is 1. The van der Waals surface area contributed by atoms with Gasteiger partial charge in [-0.2, -0.15) is 0 Å². The zero-order valence-electron chi connectivity index (χ0n) is 27.7. The number of likely N-dealkylation sites (N-methyl/N-ethyl adjacent to an activating group) is 1. The van der Waals surface area contributed by atoms with Gasteiger partial charge in [0.1, 0.15) is 17.1 Å². The molecule has 5 N–H and O–H groups in total. The molecule has 13 heteroatoms. The summed E-state index contributed by atoms with van der Waals surface area (Å²) in [5, 5.41) is 2.04. The molecule has 0 aliphatic rings. The lowest BCUT2D eigenvalue weighted by Gasteiger charge is -2.19. The van der Waals surface area contributed by atoms with Crippen LogP contribution in [0.15, 0.2) is 63.6 Å². The van der Waals surface area contributed by atoms with E-state index in [2.05, 4.69) is 14.9 Å². The van der Waals surface area contributed by atoms with Gasteiger partial charge in [0, 0.05) is 42.8 Å². The number of aryl methyl sites for hydroxylation is 1. The van der Waals surface area contributed by atoms with Crippen LogP contribution in [0.2, 0.25) is 0 Å². The van der Waals surface area contributed by atoms with Gasteiger partial charge in [-0.05, 0) is 49.7 Å². The molecule has 0 unspecified atom stereocenters. The molecule has 13 nitrogen and oxygen atoms in total. The lowest BCUT2D eigenvalue weighted by molar-refractivity contribution is -0.0112. The number of anilines is 1. The number of rotatable bonds is 22. The molecule has 0 saturated carbocycles. The van der Waals surface area contributed by atoms with Crippen LogP contribution >= 0.6 is 0 Å². The third-order valence-corrected chi connectivity index (χ3v) is 7.35. The Hall–Kier alpha value is -3.98. The summed E-state index contributed by atoms with van der Waals surface area (Å²) >= 11 is 0. The number of allylic oxidation sites excluding steroid dienone is 1. The van der Waals surface area contributed by atoms with Gasteiger partial charge in [-0.25, -0.2) is 10.8 Å². The fourth-order valence-electron chi connectivity index (χ4n) is 4.68. The first-order chi connectivity index (χ1) is 22.9. The lowest BCUT2D eigenvalue weighted by atomic mass is 10.1. The van der Waals surface area contributed by atoms with Crippen molar-refractivity contribution in [2.24, 2.45) is 11.6 Å². The van der Waals surface area contributed by atoms with E-state index in [0.29, 0.717) is 101 Å². The second kappa shape index (κ2) is 19.0. The van der Waals surface area contributed by atoms with Crippen molar-refractivity contribution in [3.8, 4) is 11.3 Å². The molecule has 47 heavy (non-hydrogen) atoms. The lowest BCUT2D eigenvalue weighted by Crippen LogP contribution is -2.30. The average molecular weight is 653 g/mol. The highest BCUT2D eigenvalue weighted by Crippen LogP contribution is 2.28. The van der Waals surface area contributed by atoms with Crippen molar-refractivity contribution >= 4 is 27.7 Å². The maximum atomic E-state index is 12.8. The monoisotopic (exact) mass is 652 g/mol. The fraction of sp³-hybridized carbons (Fsp3) is 0.471. The molecule has 4 rings (SSSR count). The van der Waals surface area contributed by atoms with Gasteiger partial charge in [-0.15, -0.1) is 0 Å². The third kappa shape index (κ3) is 11.3. The molecular weight excluding hydrogens is 604 g/mol. The molecule has 0 amide bonds. The second-order valence-corrected chi connectivity index (χ2v) is 11.0. The number of H-pyrrole nitrogens is 1. The molecule has 0 spiro atoms. The minimum absolute atomic E-state index is 0.0967. The predicted octanol–water partition coefficient (Wildman–Crippen LogP) is 3.55. The number of hydrogen-bond donors (Lipinski definition) is 3. The molecule has 0 aliphatic heterocycles. The summed E-state index contributed by atoms with van der Waals surface area (Å²) in [5.74, 6) is 7.08. The molecule has 0 fully saturated rings. The van der Waals surface area contributed by atoms with E-state index in [0.717, 1.165) is 34.7 Å². The summed E-state index contributed by atoms with van der Waals surface area (Å²) in [7, 11) is 2.01. The maximum Gasteiger partial charge on any atom is 0.193 e. The standard InChI is InChI=1S/C34H48N6O7/c1-4-27(35)24-40(36)12-14-43-16-18-45-20-22-46-21-19-44-17-15-42-13-11-39(3)28-7-5-26(6-8-28)32-23-31(41)29-9-10-30-33(34(29)47-32)38-25(2)37-30/h5-10,23-24H,4,11-22,35-36H2,1-3H3,(H,37,38)/b27-24-. The molecule has 4 aromatic rings.